The van der Waals surface area contributed by atoms with Crippen molar-refractivity contribution in [3.05, 3.63) is 29.8 Å². The van der Waals surface area contributed by atoms with Crippen molar-refractivity contribution in [2.75, 3.05) is 25.0 Å². The van der Waals surface area contributed by atoms with Gasteiger partial charge in [-0.15, -0.1) is 0 Å². The van der Waals surface area contributed by atoms with Crippen LogP contribution in [0, 0.1) is 0 Å². The maximum atomic E-state index is 13.1. The first-order chi connectivity index (χ1) is 14.1. The van der Waals surface area contributed by atoms with E-state index in [9.17, 15) is 14.4 Å². The highest BCUT2D eigenvalue weighted by molar-refractivity contribution is 6.07. The third-order valence-corrected chi connectivity index (χ3v) is 6.88. The van der Waals surface area contributed by atoms with Gasteiger partial charge in [-0.1, -0.05) is 31.5 Å². The molecule has 0 unspecified atom stereocenters. The molecule has 29 heavy (non-hydrogen) atoms. The van der Waals surface area contributed by atoms with Crippen LogP contribution in [0.2, 0.25) is 0 Å². The van der Waals surface area contributed by atoms with E-state index in [-0.39, 0.29) is 23.8 Å². The minimum Gasteiger partial charge on any atom is -0.343 e. The highest BCUT2D eigenvalue weighted by atomic mass is 16.2. The fourth-order valence-electron chi connectivity index (χ4n) is 5.44. The summed E-state index contributed by atoms with van der Waals surface area (Å²) in [7, 11) is 0. The quantitative estimate of drug-likeness (QED) is 0.802. The molecule has 156 valence electrons. The van der Waals surface area contributed by atoms with Crippen LogP contribution >= 0.6 is 0 Å². The monoisotopic (exact) mass is 397 g/mol. The molecule has 0 aliphatic carbocycles. The number of hydrogen-bond donors (Lipinski definition) is 1. The summed E-state index contributed by atoms with van der Waals surface area (Å²) in [5.74, 6) is 0.361. The molecule has 0 aromatic heterocycles. The molecule has 3 amide bonds. The Morgan fingerprint density at radius 3 is 2.83 bits per heavy atom. The molecule has 1 aromatic rings. The standard InChI is InChI=1S/C23H31N3O3/c1-2-8-19-23(17-9-3-4-10-18(17)24-22(23)29)13-16-26(19)21(28)12-7-15-25-14-6-5-11-20(25)27/h3-4,9-10,19H,2,5-8,11-16H2,1H3,(H,24,29)/t19-,23-/m0/s1. The Morgan fingerprint density at radius 2 is 2.03 bits per heavy atom. The maximum Gasteiger partial charge on any atom is 0.237 e. The predicted molar refractivity (Wildman–Crippen MR) is 111 cm³/mol. The van der Waals surface area contributed by atoms with Gasteiger partial charge in [0.15, 0.2) is 0 Å². The van der Waals surface area contributed by atoms with E-state index in [1.807, 2.05) is 34.1 Å². The van der Waals surface area contributed by atoms with Gasteiger partial charge in [0.2, 0.25) is 17.7 Å². The van der Waals surface area contributed by atoms with Gasteiger partial charge in [-0.2, -0.15) is 0 Å². The lowest BCUT2D eigenvalue weighted by molar-refractivity contribution is -0.136. The number of carbonyl (C=O) groups is 3. The number of amides is 3. The van der Waals surface area contributed by atoms with Crippen LogP contribution in [-0.4, -0.2) is 53.2 Å². The number of benzene rings is 1. The second kappa shape index (κ2) is 8.17. The van der Waals surface area contributed by atoms with Crippen molar-refractivity contribution in [2.45, 2.75) is 69.7 Å². The third-order valence-electron chi connectivity index (χ3n) is 6.88. The van der Waals surface area contributed by atoms with Gasteiger partial charge >= 0.3 is 0 Å². The molecule has 2 atom stereocenters. The van der Waals surface area contributed by atoms with Crippen molar-refractivity contribution < 1.29 is 14.4 Å². The van der Waals surface area contributed by atoms with E-state index >= 15 is 0 Å². The summed E-state index contributed by atoms with van der Waals surface area (Å²) >= 11 is 0. The first-order valence-corrected chi connectivity index (χ1v) is 11.1. The lowest BCUT2D eigenvalue weighted by Crippen LogP contribution is -2.48. The average Bonchev–Trinajstić information content (AvgIpc) is 3.23. The molecular formula is C23H31N3O3. The van der Waals surface area contributed by atoms with Gasteiger partial charge in [0.25, 0.3) is 0 Å². The van der Waals surface area contributed by atoms with Crippen molar-refractivity contribution >= 4 is 23.4 Å². The maximum absolute atomic E-state index is 13.1. The molecule has 0 saturated carbocycles. The minimum absolute atomic E-state index is 0.0337. The molecule has 3 aliphatic heterocycles. The highest BCUT2D eigenvalue weighted by Gasteiger charge is 2.58. The Hall–Kier alpha value is -2.37. The van der Waals surface area contributed by atoms with E-state index in [2.05, 4.69) is 12.2 Å². The van der Waals surface area contributed by atoms with E-state index in [1.165, 1.54) is 0 Å². The number of para-hydroxylation sites is 1. The van der Waals surface area contributed by atoms with Crippen LogP contribution in [-0.2, 0) is 19.8 Å². The number of hydrogen-bond acceptors (Lipinski definition) is 3. The average molecular weight is 398 g/mol. The number of likely N-dealkylation sites (tertiary alicyclic amines) is 2. The van der Waals surface area contributed by atoms with Gasteiger partial charge in [-0.3, -0.25) is 14.4 Å². The molecule has 3 heterocycles. The third kappa shape index (κ3) is 3.43. The Bertz CT molecular complexity index is 808. The van der Waals surface area contributed by atoms with Gasteiger partial charge in [-0.25, -0.2) is 0 Å². The zero-order chi connectivity index (χ0) is 20.4. The number of fused-ring (bicyclic) bond motifs is 2. The normalized spacial score (nSPS) is 26.2. The minimum atomic E-state index is -0.620. The van der Waals surface area contributed by atoms with E-state index < -0.39 is 5.41 Å². The first-order valence-electron chi connectivity index (χ1n) is 11.1. The Morgan fingerprint density at radius 1 is 1.21 bits per heavy atom. The van der Waals surface area contributed by atoms with Gasteiger partial charge in [0, 0.05) is 38.2 Å². The van der Waals surface area contributed by atoms with Crippen LogP contribution in [0.25, 0.3) is 0 Å². The Balaban J connectivity index is 1.46. The number of piperidine rings is 1. The van der Waals surface area contributed by atoms with Gasteiger partial charge in [0.1, 0.15) is 0 Å². The second-order valence-corrected chi connectivity index (χ2v) is 8.55. The molecule has 0 bridgehead atoms. The fourth-order valence-corrected chi connectivity index (χ4v) is 5.44. The zero-order valence-electron chi connectivity index (χ0n) is 17.3. The van der Waals surface area contributed by atoms with Crippen LogP contribution in [0.15, 0.2) is 24.3 Å². The SMILES string of the molecule is CCC[C@@H]1N(C(=O)CCCN2CCCCC2=O)CC[C@@]12C(=O)Nc1ccccc12. The summed E-state index contributed by atoms with van der Waals surface area (Å²) in [6, 6.07) is 7.80. The number of nitrogens with one attached hydrogen (secondary N) is 1. The number of nitrogens with zero attached hydrogens (tertiary/aromatic N) is 2. The summed E-state index contributed by atoms with van der Waals surface area (Å²) in [4.78, 5) is 42.0. The number of anilines is 1. The van der Waals surface area contributed by atoms with Crippen molar-refractivity contribution in [3.63, 3.8) is 0 Å². The van der Waals surface area contributed by atoms with Crippen LogP contribution in [0.4, 0.5) is 5.69 Å². The summed E-state index contributed by atoms with van der Waals surface area (Å²) in [5, 5.41) is 3.05. The van der Waals surface area contributed by atoms with Crippen LogP contribution < -0.4 is 5.32 Å². The van der Waals surface area contributed by atoms with E-state index in [4.69, 9.17) is 0 Å². The predicted octanol–water partition coefficient (Wildman–Crippen LogP) is 3.07. The molecule has 6 heteroatoms. The summed E-state index contributed by atoms with van der Waals surface area (Å²) < 4.78 is 0. The largest absolute Gasteiger partial charge is 0.343 e. The lowest BCUT2D eigenvalue weighted by Gasteiger charge is -2.34. The molecule has 1 N–H and O–H groups in total. The van der Waals surface area contributed by atoms with E-state index in [0.29, 0.717) is 38.8 Å². The van der Waals surface area contributed by atoms with Gasteiger partial charge in [-0.05, 0) is 43.7 Å². The molecule has 6 nitrogen and oxygen atoms in total. The van der Waals surface area contributed by atoms with E-state index in [1.54, 1.807) is 0 Å². The molecule has 1 spiro atoms. The molecule has 3 aliphatic rings. The second-order valence-electron chi connectivity index (χ2n) is 8.55. The lowest BCUT2D eigenvalue weighted by atomic mass is 9.73. The smallest absolute Gasteiger partial charge is 0.237 e. The molecule has 1 aromatic carbocycles. The zero-order valence-corrected chi connectivity index (χ0v) is 17.3. The Kier molecular flexibility index (Phi) is 5.61. The number of rotatable bonds is 6. The molecule has 4 rings (SSSR count). The molecule has 0 radical (unpaired) electrons. The van der Waals surface area contributed by atoms with Crippen molar-refractivity contribution in [1.29, 1.82) is 0 Å². The first kappa shape index (κ1) is 19.9. The van der Waals surface area contributed by atoms with Crippen molar-refractivity contribution in [1.82, 2.24) is 9.80 Å². The van der Waals surface area contributed by atoms with Crippen LogP contribution in [0.1, 0.15) is 63.9 Å². The topological polar surface area (TPSA) is 69.7 Å². The van der Waals surface area contributed by atoms with Crippen molar-refractivity contribution in [2.24, 2.45) is 0 Å². The molecule has 2 saturated heterocycles. The Labute approximate surface area is 172 Å². The summed E-state index contributed by atoms with van der Waals surface area (Å²) in [6.45, 7) is 4.20. The van der Waals surface area contributed by atoms with Crippen LogP contribution in [0.5, 0.6) is 0 Å². The molecular weight excluding hydrogens is 366 g/mol. The highest BCUT2D eigenvalue weighted by Crippen LogP contribution is 2.49. The van der Waals surface area contributed by atoms with Gasteiger partial charge in [0.05, 0.1) is 11.5 Å². The fraction of sp³-hybridized carbons (Fsp3) is 0.609. The van der Waals surface area contributed by atoms with Crippen molar-refractivity contribution in [3.8, 4) is 0 Å². The number of carbonyl (C=O) groups excluding carboxylic acids is 3. The summed E-state index contributed by atoms with van der Waals surface area (Å²) in [5.41, 5.74) is 1.31. The summed E-state index contributed by atoms with van der Waals surface area (Å²) in [6.07, 6.45) is 6.21. The molecule has 2 fully saturated rings. The van der Waals surface area contributed by atoms with Crippen LogP contribution in [0.3, 0.4) is 0 Å². The van der Waals surface area contributed by atoms with E-state index in [0.717, 1.165) is 43.5 Å². The van der Waals surface area contributed by atoms with Gasteiger partial charge < -0.3 is 15.1 Å².